The summed E-state index contributed by atoms with van der Waals surface area (Å²) in [5.41, 5.74) is -2.70. The molecule has 1 aromatic heterocycles. The number of likely N-dealkylation sites (tertiary alicyclic amines) is 2. The van der Waals surface area contributed by atoms with Crippen molar-refractivity contribution in [3.8, 4) is 0 Å². The Labute approximate surface area is 297 Å². The molecule has 3 atom stereocenters. The van der Waals surface area contributed by atoms with Crippen LogP contribution in [-0.4, -0.2) is 107 Å². The SMILES string of the molecule is O=C(c1ccc(CCO)s1)N1CCCC(N2CCN(C3CCN(C(=O)c4cc(C(F)(F)F)cc(C(F)(F)F)c4)C(Cc4ccccc4)C3)CC2)C1. The quantitative estimate of drug-likeness (QED) is 0.269. The average molecular weight is 737 g/mol. The number of piperidine rings is 2. The molecule has 3 aromatic rings. The fourth-order valence-electron chi connectivity index (χ4n) is 7.75. The number of aliphatic hydroxyl groups is 1. The molecule has 2 amide bonds. The maximum Gasteiger partial charge on any atom is 0.416 e. The van der Waals surface area contributed by atoms with E-state index in [2.05, 4.69) is 9.80 Å². The largest absolute Gasteiger partial charge is 0.416 e. The van der Waals surface area contributed by atoms with Crippen molar-refractivity contribution < 1.29 is 41.0 Å². The van der Waals surface area contributed by atoms with E-state index >= 15 is 0 Å². The number of rotatable bonds is 8. The molecule has 0 spiro atoms. The molecule has 0 bridgehead atoms. The molecule has 14 heteroatoms. The molecule has 276 valence electrons. The van der Waals surface area contributed by atoms with Crippen LogP contribution in [0.5, 0.6) is 0 Å². The molecule has 0 aliphatic carbocycles. The summed E-state index contributed by atoms with van der Waals surface area (Å²) in [5, 5.41) is 9.23. The number of thiophene rings is 1. The fraction of sp³-hybridized carbons (Fsp3) is 0.514. The predicted octanol–water partition coefficient (Wildman–Crippen LogP) is 6.46. The second-order valence-corrected chi connectivity index (χ2v) is 14.8. The van der Waals surface area contributed by atoms with Gasteiger partial charge in [-0.15, -0.1) is 11.3 Å². The lowest BCUT2D eigenvalue weighted by Gasteiger charge is -2.48. The van der Waals surface area contributed by atoms with Gasteiger partial charge in [0.25, 0.3) is 11.8 Å². The second-order valence-electron chi connectivity index (χ2n) is 13.7. The summed E-state index contributed by atoms with van der Waals surface area (Å²) in [6.45, 7) is 4.78. The number of halogens is 6. The smallest absolute Gasteiger partial charge is 0.396 e. The normalized spacial score (nSPS) is 22.7. The van der Waals surface area contributed by atoms with Crippen molar-refractivity contribution >= 4 is 23.2 Å². The summed E-state index contributed by atoms with van der Waals surface area (Å²) < 4.78 is 81.8. The predicted molar refractivity (Wildman–Crippen MR) is 182 cm³/mol. The highest BCUT2D eigenvalue weighted by molar-refractivity contribution is 7.14. The molecule has 3 unspecified atom stereocenters. The number of benzene rings is 2. The Kier molecular flexibility index (Phi) is 11.4. The zero-order valence-corrected chi connectivity index (χ0v) is 29.0. The Morgan fingerprint density at radius 1 is 0.765 bits per heavy atom. The highest BCUT2D eigenvalue weighted by Crippen LogP contribution is 2.37. The van der Waals surface area contributed by atoms with Crippen LogP contribution in [-0.2, 0) is 25.2 Å². The van der Waals surface area contributed by atoms with E-state index < -0.39 is 41.0 Å². The first-order valence-corrected chi connectivity index (χ1v) is 18.2. The summed E-state index contributed by atoms with van der Waals surface area (Å²) in [7, 11) is 0. The van der Waals surface area contributed by atoms with Crippen molar-refractivity contribution in [2.75, 3.05) is 52.4 Å². The van der Waals surface area contributed by atoms with Crippen molar-refractivity contribution in [1.29, 1.82) is 0 Å². The minimum absolute atomic E-state index is 0.0260. The van der Waals surface area contributed by atoms with E-state index in [9.17, 15) is 41.0 Å². The Morgan fingerprint density at radius 2 is 1.41 bits per heavy atom. The molecule has 6 rings (SSSR count). The molecule has 3 saturated heterocycles. The molecule has 0 saturated carbocycles. The van der Waals surface area contributed by atoms with E-state index in [0.29, 0.717) is 55.8 Å². The highest BCUT2D eigenvalue weighted by Gasteiger charge is 2.41. The van der Waals surface area contributed by atoms with Crippen molar-refractivity contribution in [2.24, 2.45) is 0 Å². The first-order chi connectivity index (χ1) is 24.3. The van der Waals surface area contributed by atoms with Crippen molar-refractivity contribution in [3.05, 3.63) is 92.7 Å². The molecule has 0 radical (unpaired) electrons. The molecule has 4 heterocycles. The van der Waals surface area contributed by atoms with E-state index in [1.165, 1.54) is 16.2 Å². The van der Waals surface area contributed by atoms with Gasteiger partial charge in [0.15, 0.2) is 0 Å². The van der Waals surface area contributed by atoms with Crippen molar-refractivity contribution in [2.45, 2.75) is 69.0 Å². The van der Waals surface area contributed by atoms with E-state index in [4.69, 9.17) is 0 Å². The lowest BCUT2D eigenvalue weighted by Crippen LogP contribution is -2.59. The van der Waals surface area contributed by atoms with Gasteiger partial charge in [-0.05, 0) is 68.0 Å². The summed E-state index contributed by atoms with van der Waals surface area (Å²) in [6, 6.07) is 14.1. The minimum atomic E-state index is -5.05. The van der Waals surface area contributed by atoms with Crippen LogP contribution >= 0.6 is 11.3 Å². The summed E-state index contributed by atoms with van der Waals surface area (Å²) in [6.07, 6.45) is -6.14. The third kappa shape index (κ3) is 8.95. The molecule has 2 aromatic carbocycles. The van der Waals surface area contributed by atoms with Crippen LogP contribution in [0, 0.1) is 0 Å². The Hall–Kier alpha value is -3.46. The van der Waals surface area contributed by atoms with E-state index in [1.807, 2.05) is 47.4 Å². The molecule has 3 aliphatic rings. The first kappa shape index (κ1) is 37.3. The van der Waals surface area contributed by atoms with Gasteiger partial charge in [0.05, 0.1) is 16.0 Å². The summed E-state index contributed by atoms with van der Waals surface area (Å²) in [4.78, 5) is 37.0. The molecule has 51 heavy (non-hydrogen) atoms. The Bertz CT molecular complexity index is 1630. The number of carbonyl (C=O) groups is 2. The van der Waals surface area contributed by atoms with Crippen LogP contribution in [0.3, 0.4) is 0 Å². The number of hydrogen-bond donors (Lipinski definition) is 1. The number of carbonyl (C=O) groups excluding carboxylic acids is 2. The maximum atomic E-state index is 13.8. The number of amides is 2. The Balaban J connectivity index is 1.12. The Morgan fingerprint density at radius 3 is 2.04 bits per heavy atom. The van der Waals surface area contributed by atoms with Gasteiger partial charge in [-0.3, -0.25) is 19.4 Å². The number of nitrogens with zero attached hydrogens (tertiary/aromatic N) is 4. The number of aliphatic hydroxyl groups excluding tert-OH is 1. The van der Waals surface area contributed by atoms with Crippen LogP contribution in [0.4, 0.5) is 26.3 Å². The fourth-order valence-corrected chi connectivity index (χ4v) is 8.72. The number of hydrogen-bond acceptors (Lipinski definition) is 6. The van der Waals surface area contributed by atoms with E-state index in [-0.39, 0.29) is 37.2 Å². The van der Waals surface area contributed by atoms with Gasteiger partial charge in [-0.1, -0.05) is 30.3 Å². The van der Waals surface area contributed by atoms with E-state index in [1.54, 1.807) is 0 Å². The van der Waals surface area contributed by atoms with Gasteiger partial charge in [-0.25, -0.2) is 0 Å². The van der Waals surface area contributed by atoms with Gasteiger partial charge in [0, 0.05) is 87.4 Å². The van der Waals surface area contributed by atoms with Crippen LogP contribution in [0.15, 0.2) is 60.7 Å². The highest BCUT2D eigenvalue weighted by atomic mass is 32.1. The monoisotopic (exact) mass is 736 g/mol. The van der Waals surface area contributed by atoms with Crippen molar-refractivity contribution in [1.82, 2.24) is 19.6 Å². The lowest BCUT2D eigenvalue weighted by atomic mass is 9.90. The zero-order chi connectivity index (χ0) is 36.3. The summed E-state index contributed by atoms with van der Waals surface area (Å²) >= 11 is 1.43. The molecule has 7 nitrogen and oxygen atoms in total. The van der Waals surface area contributed by atoms with E-state index in [0.717, 1.165) is 49.5 Å². The molecule has 3 fully saturated rings. The maximum absolute atomic E-state index is 13.8. The molecule has 1 N–H and O–H groups in total. The molecule has 3 aliphatic heterocycles. The zero-order valence-electron chi connectivity index (χ0n) is 28.1. The van der Waals surface area contributed by atoms with Crippen LogP contribution in [0.2, 0.25) is 0 Å². The number of piperazine rings is 1. The topological polar surface area (TPSA) is 67.3 Å². The van der Waals surface area contributed by atoms with Crippen LogP contribution in [0.25, 0.3) is 0 Å². The van der Waals surface area contributed by atoms with Gasteiger partial charge >= 0.3 is 12.4 Å². The minimum Gasteiger partial charge on any atom is -0.396 e. The lowest BCUT2D eigenvalue weighted by molar-refractivity contribution is -0.143. The average Bonchev–Trinajstić information content (AvgIpc) is 3.59. The van der Waals surface area contributed by atoms with Gasteiger partial charge in [0.2, 0.25) is 0 Å². The van der Waals surface area contributed by atoms with Crippen LogP contribution in [0.1, 0.15) is 67.3 Å². The van der Waals surface area contributed by atoms with Gasteiger partial charge in [-0.2, -0.15) is 26.3 Å². The van der Waals surface area contributed by atoms with Gasteiger partial charge in [0.1, 0.15) is 0 Å². The third-order valence-corrected chi connectivity index (χ3v) is 11.5. The third-order valence-electron chi connectivity index (χ3n) is 10.4. The summed E-state index contributed by atoms with van der Waals surface area (Å²) in [5.74, 6) is -0.808. The number of alkyl halides is 6. The van der Waals surface area contributed by atoms with Crippen molar-refractivity contribution in [3.63, 3.8) is 0 Å². The van der Waals surface area contributed by atoms with Gasteiger partial charge < -0.3 is 14.9 Å². The second kappa shape index (κ2) is 15.6. The van der Waals surface area contributed by atoms with Crippen LogP contribution < -0.4 is 0 Å². The standard InChI is InChI=1S/C37H42F6N4O3S/c38-36(39,40)27-20-26(21-28(22-27)37(41,42)43)34(49)47-13-10-29(23-31(47)19-25-5-2-1-3-6-25)44-14-16-45(17-15-44)30-7-4-12-46(24-30)35(50)33-9-8-32(51-33)11-18-48/h1-3,5-6,8-9,20-22,29-31,48H,4,7,10-19,23-24H2. The molecular weight excluding hydrogens is 694 g/mol. The molecular formula is C37H42F6N4O3S. The first-order valence-electron chi connectivity index (χ1n) is 17.4.